The first-order valence-electron chi connectivity index (χ1n) is 15.6. The van der Waals surface area contributed by atoms with E-state index >= 15 is 0 Å². The molecule has 0 amide bonds. The van der Waals surface area contributed by atoms with E-state index in [0.29, 0.717) is 45.9 Å². The number of H-pyrrole nitrogens is 1. The third kappa shape index (κ3) is 4.29. The fraction of sp³-hybridized carbons (Fsp3) is 0.108. The molecule has 4 aromatic carbocycles. The number of benzene rings is 4. The first kappa shape index (κ1) is 27.1. The zero-order valence-electron chi connectivity index (χ0n) is 25.3. The maximum Gasteiger partial charge on any atom is 0.421 e. The Morgan fingerprint density at radius 3 is 1.43 bits per heavy atom. The van der Waals surface area contributed by atoms with Crippen molar-refractivity contribution in [1.82, 2.24) is 39.5 Å². The van der Waals surface area contributed by atoms with Gasteiger partial charge in [-0.25, -0.2) is 39.3 Å². The number of hydrogen-bond acceptors (Lipinski definition) is 8. The highest BCUT2D eigenvalue weighted by molar-refractivity contribution is 6.10. The minimum absolute atomic E-state index is 0.273. The molecule has 9 rings (SSSR count). The average Bonchev–Trinajstić information content (AvgIpc) is 3.83. The molecule has 5 heterocycles. The van der Waals surface area contributed by atoms with Crippen molar-refractivity contribution < 1.29 is 9.53 Å². The summed E-state index contributed by atoms with van der Waals surface area (Å²) in [6.45, 7) is 2.32. The third-order valence-corrected chi connectivity index (χ3v) is 8.51. The second-order valence-corrected chi connectivity index (χ2v) is 11.4. The number of aromatic nitrogens is 8. The monoisotopic (exact) mass is 614 g/mol. The number of hydrogen-bond donors (Lipinski definition) is 1. The highest BCUT2D eigenvalue weighted by Crippen LogP contribution is 2.37. The molecule has 0 atom stereocenters. The number of nitrogens with zero attached hydrogens (tertiary/aromatic N) is 7. The van der Waals surface area contributed by atoms with Crippen molar-refractivity contribution in [1.29, 1.82) is 0 Å². The molecule has 3 aromatic heterocycles. The fourth-order valence-corrected chi connectivity index (χ4v) is 6.24. The van der Waals surface area contributed by atoms with E-state index < -0.39 is 6.09 Å². The van der Waals surface area contributed by atoms with Crippen LogP contribution in [0.4, 0.5) is 4.79 Å². The largest absolute Gasteiger partial charge is 0.449 e. The summed E-state index contributed by atoms with van der Waals surface area (Å²) in [4.78, 5) is 47.5. The van der Waals surface area contributed by atoms with Gasteiger partial charge in [-0.2, -0.15) is 0 Å². The highest BCUT2D eigenvalue weighted by atomic mass is 16.5. The smallest absolute Gasteiger partial charge is 0.421 e. The van der Waals surface area contributed by atoms with Crippen molar-refractivity contribution in [2.75, 3.05) is 6.61 Å². The van der Waals surface area contributed by atoms with E-state index in [1.807, 2.05) is 97.1 Å². The summed E-state index contributed by atoms with van der Waals surface area (Å²) in [6, 6.07) is 31.3. The van der Waals surface area contributed by atoms with Crippen LogP contribution < -0.4 is 0 Å². The minimum atomic E-state index is -0.571. The number of carbonyl (C=O) groups is 1. The summed E-state index contributed by atoms with van der Waals surface area (Å²) < 4.78 is 7.23. The van der Waals surface area contributed by atoms with Crippen LogP contribution in [0, 0.1) is 0 Å². The van der Waals surface area contributed by atoms with E-state index in [4.69, 9.17) is 34.6 Å². The molecule has 2 aliphatic rings. The second kappa shape index (κ2) is 10.7. The predicted octanol–water partition coefficient (Wildman–Crippen LogP) is 8.13. The van der Waals surface area contributed by atoms with Gasteiger partial charge < -0.3 is 9.72 Å². The van der Waals surface area contributed by atoms with Crippen LogP contribution in [0.5, 0.6) is 0 Å². The lowest BCUT2D eigenvalue weighted by molar-refractivity contribution is 0.148. The molecule has 0 fully saturated rings. The lowest BCUT2D eigenvalue weighted by Gasteiger charge is -2.06. The van der Waals surface area contributed by atoms with E-state index in [2.05, 4.69) is 11.9 Å². The molecule has 0 saturated carbocycles. The number of unbranched alkanes of at least 4 members (excludes halogenated alkanes) is 1. The van der Waals surface area contributed by atoms with Crippen LogP contribution in [0.15, 0.2) is 97.1 Å². The molecule has 0 radical (unpaired) electrons. The third-order valence-electron chi connectivity index (χ3n) is 8.51. The van der Waals surface area contributed by atoms with E-state index in [1.54, 1.807) is 0 Å². The van der Waals surface area contributed by atoms with Gasteiger partial charge in [-0.15, -0.1) is 0 Å². The summed E-state index contributed by atoms with van der Waals surface area (Å²) in [7, 11) is 0. The zero-order valence-corrected chi connectivity index (χ0v) is 25.3. The molecule has 10 heteroatoms. The Balaban J connectivity index is 1.49. The summed E-state index contributed by atoms with van der Waals surface area (Å²) in [6.07, 6.45) is 1.05. The highest BCUT2D eigenvalue weighted by Gasteiger charge is 2.25. The van der Waals surface area contributed by atoms with Gasteiger partial charge in [0.25, 0.3) is 0 Å². The average molecular weight is 615 g/mol. The van der Waals surface area contributed by atoms with Crippen molar-refractivity contribution in [3.63, 3.8) is 0 Å². The van der Waals surface area contributed by atoms with Gasteiger partial charge in [-0.3, -0.25) is 0 Å². The maximum atomic E-state index is 14.0. The standard InChI is InChI=1S/C37H26N8O2/c1-2-3-20-47-37(46)45-35-27-18-10-11-19-28(27)36(45)44-34-26-17-9-7-15-24(26)32(42-34)40-30-22-13-5-4-12-21(22)29(38-30)39-31-23-14-6-8-16-25(23)33(41-31)43-35/h4-19H,2-3,20H2,1H3,(H,38,39,40,41,42,43,44). The van der Waals surface area contributed by atoms with E-state index in [9.17, 15) is 4.79 Å². The van der Waals surface area contributed by atoms with Crippen LogP contribution in [0.25, 0.3) is 89.7 Å². The van der Waals surface area contributed by atoms with Gasteiger partial charge in [0.2, 0.25) is 0 Å². The molecule has 0 aliphatic carbocycles. The van der Waals surface area contributed by atoms with Gasteiger partial charge >= 0.3 is 6.09 Å². The maximum absolute atomic E-state index is 14.0. The lowest BCUT2D eigenvalue weighted by Crippen LogP contribution is -2.15. The van der Waals surface area contributed by atoms with Gasteiger partial charge in [-0.05, 0) is 6.42 Å². The topological polar surface area (TPSA) is 124 Å². The molecule has 0 saturated heterocycles. The van der Waals surface area contributed by atoms with Gasteiger partial charge in [0.15, 0.2) is 34.6 Å². The van der Waals surface area contributed by atoms with E-state index in [0.717, 1.165) is 56.6 Å². The van der Waals surface area contributed by atoms with Gasteiger partial charge in [-0.1, -0.05) is 110 Å². The number of carbonyl (C=O) groups excluding carboxylic acids is 1. The Hall–Kier alpha value is -6.29. The van der Waals surface area contributed by atoms with E-state index in [1.165, 1.54) is 4.57 Å². The number of aromatic amines is 1. The number of rotatable bonds is 3. The molecule has 8 bridgehead atoms. The van der Waals surface area contributed by atoms with Crippen LogP contribution >= 0.6 is 0 Å². The Morgan fingerprint density at radius 2 is 0.979 bits per heavy atom. The van der Waals surface area contributed by atoms with Crippen molar-refractivity contribution in [3.05, 3.63) is 97.1 Å². The molecule has 7 aromatic rings. The molecule has 2 aliphatic heterocycles. The van der Waals surface area contributed by atoms with Crippen molar-refractivity contribution in [3.8, 4) is 45.6 Å². The summed E-state index contributed by atoms with van der Waals surface area (Å²) in [5.41, 5.74) is 5.26. The fourth-order valence-electron chi connectivity index (χ4n) is 6.24. The molecular formula is C37H26N8O2. The molecular weight excluding hydrogens is 588 g/mol. The molecule has 10 nitrogen and oxygen atoms in total. The summed E-state index contributed by atoms with van der Waals surface area (Å²) in [5.74, 6) is 1.87. The summed E-state index contributed by atoms with van der Waals surface area (Å²) in [5, 5.41) is 3.27. The van der Waals surface area contributed by atoms with Gasteiger partial charge in [0, 0.05) is 43.8 Å². The Labute approximate surface area is 267 Å². The van der Waals surface area contributed by atoms with Crippen molar-refractivity contribution in [2.45, 2.75) is 19.8 Å². The normalized spacial score (nSPS) is 11.9. The van der Waals surface area contributed by atoms with Gasteiger partial charge in [0.05, 0.1) is 6.61 Å². The van der Waals surface area contributed by atoms with Crippen LogP contribution in [-0.4, -0.2) is 52.2 Å². The van der Waals surface area contributed by atoms with Gasteiger partial charge in [0.1, 0.15) is 11.3 Å². The Morgan fingerprint density at radius 1 is 0.574 bits per heavy atom. The molecule has 226 valence electrons. The van der Waals surface area contributed by atoms with Crippen LogP contribution in [0.3, 0.4) is 0 Å². The quantitative estimate of drug-likeness (QED) is 0.198. The number of nitrogens with one attached hydrogen (secondary N) is 1. The first-order chi connectivity index (χ1) is 23.2. The molecule has 47 heavy (non-hydrogen) atoms. The number of ether oxygens (including phenoxy) is 1. The lowest BCUT2D eigenvalue weighted by atomic mass is 10.1. The summed E-state index contributed by atoms with van der Waals surface area (Å²) >= 11 is 0. The SMILES string of the molecule is CCCCOC(=O)n1c2nc3nc(nc4[nH]c(nc5nc(nc1c1ccccc12)-c1ccccc1-5)c1ccccc41)-c1ccccc1-3. The van der Waals surface area contributed by atoms with Crippen LogP contribution in [-0.2, 0) is 4.74 Å². The predicted molar refractivity (Wildman–Crippen MR) is 181 cm³/mol. The first-order valence-corrected chi connectivity index (χ1v) is 15.6. The Bertz CT molecular complexity index is 2420. The molecule has 0 unspecified atom stereocenters. The molecule has 1 N–H and O–H groups in total. The number of fused-ring (bicyclic) bond motifs is 20. The Kier molecular flexibility index (Phi) is 6.14. The minimum Gasteiger partial charge on any atom is -0.449 e. The zero-order chi connectivity index (χ0) is 31.5. The van der Waals surface area contributed by atoms with Crippen LogP contribution in [0.2, 0.25) is 0 Å². The van der Waals surface area contributed by atoms with Crippen molar-refractivity contribution in [2.24, 2.45) is 0 Å². The van der Waals surface area contributed by atoms with Crippen LogP contribution in [0.1, 0.15) is 19.8 Å². The van der Waals surface area contributed by atoms with E-state index in [-0.39, 0.29) is 6.61 Å². The molecule has 0 spiro atoms. The van der Waals surface area contributed by atoms with Crippen molar-refractivity contribution >= 4 is 50.2 Å². The second-order valence-electron chi connectivity index (χ2n) is 11.4.